The molecule has 0 bridgehead atoms. The van der Waals surface area contributed by atoms with E-state index in [4.69, 9.17) is 0 Å². The number of thiazole rings is 1. The van der Waals surface area contributed by atoms with Crippen molar-refractivity contribution < 1.29 is 18.0 Å². The number of halogens is 3. The SMILES string of the molecule is CCNC(=O)N1CCC(NCc2csc(C(F)(F)F)n2)C1. The second-order valence-electron chi connectivity index (χ2n) is 4.79. The molecule has 1 aliphatic heterocycles. The third-order valence-corrected chi connectivity index (χ3v) is 4.11. The highest BCUT2D eigenvalue weighted by atomic mass is 32.1. The predicted octanol–water partition coefficient (Wildman–Crippen LogP) is 2.06. The molecule has 0 aromatic carbocycles. The van der Waals surface area contributed by atoms with Crippen LogP contribution in [0.2, 0.25) is 0 Å². The Kier molecular flexibility index (Phi) is 5.04. The Balaban J connectivity index is 1.79. The van der Waals surface area contributed by atoms with Crippen molar-refractivity contribution >= 4 is 17.4 Å². The van der Waals surface area contributed by atoms with Gasteiger partial charge in [0.1, 0.15) is 0 Å². The predicted molar refractivity (Wildman–Crippen MR) is 73.0 cm³/mol. The maximum atomic E-state index is 12.4. The maximum Gasteiger partial charge on any atom is 0.443 e. The van der Waals surface area contributed by atoms with Gasteiger partial charge in [-0.1, -0.05) is 0 Å². The molecule has 5 nitrogen and oxygen atoms in total. The highest BCUT2D eigenvalue weighted by Gasteiger charge is 2.34. The fourth-order valence-corrected chi connectivity index (χ4v) is 2.83. The monoisotopic (exact) mass is 322 g/mol. The van der Waals surface area contributed by atoms with Crippen LogP contribution in [-0.2, 0) is 12.7 Å². The molecule has 118 valence electrons. The molecule has 0 saturated carbocycles. The summed E-state index contributed by atoms with van der Waals surface area (Å²) in [7, 11) is 0. The number of carbonyl (C=O) groups is 1. The number of alkyl halides is 3. The molecule has 9 heteroatoms. The molecule has 1 aromatic heterocycles. The summed E-state index contributed by atoms with van der Waals surface area (Å²) in [5, 5.41) is 6.45. The zero-order chi connectivity index (χ0) is 15.5. The smallest absolute Gasteiger partial charge is 0.338 e. The van der Waals surface area contributed by atoms with Gasteiger partial charge in [0.2, 0.25) is 0 Å². The number of likely N-dealkylation sites (tertiary alicyclic amines) is 1. The number of urea groups is 1. The van der Waals surface area contributed by atoms with Crippen LogP contribution in [0.1, 0.15) is 24.0 Å². The molecule has 2 amide bonds. The van der Waals surface area contributed by atoms with E-state index in [0.717, 1.165) is 6.42 Å². The van der Waals surface area contributed by atoms with Crippen LogP contribution in [0.3, 0.4) is 0 Å². The maximum absolute atomic E-state index is 12.4. The Morgan fingerprint density at radius 3 is 2.95 bits per heavy atom. The number of nitrogens with one attached hydrogen (secondary N) is 2. The lowest BCUT2D eigenvalue weighted by Gasteiger charge is -2.17. The van der Waals surface area contributed by atoms with Gasteiger partial charge in [0.15, 0.2) is 5.01 Å². The molecule has 0 spiro atoms. The number of hydrogen-bond donors (Lipinski definition) is 2. The van der Waals surface area contributed by atoms with Crippen LogP contribution in [0.4, 0.5) is 18.0 Å². The van der Waals surface area contributed by atoms with E-state index in [-0.39, 0.29) is 18.6 Å². The van der Waals surface area contributed by atoms with Gasteiger partial charge in [-0.2, -0.15) is 13.2 Å². The van der Waals surface area contributed by atoms with Crippen LogP contribution in [0.15, 0.2) is 5.38 Å². The average molecular weight is 322 g/mol. The lowest BCUT2D eigenvalue weighted by Crippen LogP contribution is -2.40. The van der Waals surface area contributed by atoms with Crippen LogP contribution in [-0.4, -0.2) is 41.6 Å². The number of rotatable bonds is 4. The second-order valence-corrected chi connectivity index (χ2v) is 5.65. The molecule has 1 aliphatic rings. The van der Waals surface area contributed by atoms with Crippen molar-refractivity contribution in [1.29, 1.82) is 0 Å². The topological polar surface area (TPSA) is 57.3 Å². The van der Waals surface area contributed by atoms with Gasteiger partial charge in [-0.25, -0.2) is 9.78 Å². The molecule has 21 heavy (non-hydrogen) atoms. The van der Waals surface area contributed by atoms with Crippen LogP contribution in [0.25, 0.3) is 0 Å². The van der Waals surface area contributed by atoms with E-state index in [1.165, 1.54) is 5.38 Å². The molecule has 1 aromatic rings. The first-order valence-corrected chi connectivity index (χ1v) is 7.56. The minimum Gasteiger partial charge on any atom is -0.338 e. The summed E-state index contributed by atoms with van der Waals surface area (Å²) >= 11 is 0.600. The Hall–Kier alpha value is -1.35. The van der Waals surface area contributed by atoms with E-state index in [1.54, 1.807) is 4.90 Å². The summed E-state index contributed by atoms with van der Waals surface area (Å²) in [6.07, 6.45) is -3.60. The fourth-order valence-electron chi connectivity index (χ4n) is 2.14. The minimum absolute atomic E-state index is 0.0867. The van der Waals surface area contributed by atoms with Crippen LogP contribution in [0, 0.1) is 0 Å². The summed E-state index contributed by atoms with van der Waals surface area (Å²) in [6.45, 7) is 3.91. The molecular formula is C12H17F3N4OS. The fraction of sp³-hybridized carbons (Fsp3) is 0.667. The first kappa shape index (κ1) is 16.0. The van der Waals surface area contributed by atoms with Gasteiger partial charge >= 0.3 is 12.2 Å². The molecule has 1 unspecified atom stereocenters. The molecule has 1 atom stereocenters. The van der Waals surface area contributed by atoms with Crippen LogP contribution >= 0.6 is 11.3 Å². The quantitative estimate of drug-likeness (QED) is 0.892. The van der Waals surface area contributed by atoms with E-state index in [2.05, 4.69) is 15.6 Å². The van der Waals surface area contributed by atoms with E-state index < -0.39 is 11.2 Å². The van der Waals surface area contributed by atoms with E-state index in [0.29, 0.717) is 36.7 Å². The molecule has 1 saturated heterocycles. The van der Waals surface area contributed by atoms with Gasteiger partial charge < -0.3 is 15.5 Å². The molecule has 0 radical (unpaired) electrons. The third-order valence-electron chi connectivity index (χ3n) is 3.17. The number of amides is 2. The van der Waals surface area contributed by atoms with E-state index >= 15 is 0 Å². The van der Waals surface area contributed by atoms with E-state index in [1.807, 2.05) is 6.92 Å². The largest absolute Gasteiger partial charge is 0.443 e. The zero-order valence-corrected chi connectivity index (χ0v) is 12.4. The molecule has 2 N–H and O–H groups in total. The number of hydrogen-bond acceptors (Lipinski definition) is 4. The van der Waals surface area contributed by atoms with Crippen LogP contribution < -0.4 is 10.6 Å². The van der Waals surface area contributed by atoms with Crippen molar-refractivity contribution in [1.82, 2.24) is 20.5 Å². The molecular weight excluding hydrogens is 305 g/mol. The standard InChI is InChI=1S/C12H17F3N4OS/c1-2-16-11(20)19-4-3-8(6-19)17-5-9-7-21-10(18-9)12(13,14)15/h7-8,17H,2-6H2,1H3,(H,16,20). The average Bonchev–Trinajstić information content (AvgIpc) is 3.05. The first-order chi connectivity index (χ1) is 9.90. The van der Waals surface area contributed by atoms with Gasteiger partial charge in [0.05, 0.1) is 5.69 Å². The van der Waals surface area contributed by atoms with Gasteiger partial charge in [-0.15, -0.1) is 11.3 Å². The van der Waals surface area contributed by atoms with Gasteiger partial charge in [0, 0.05) is 37.6 Å². The molecule has 0 aliphatic carbocycles. The zero-order valence-electron chi connectivity index (χ0n) is 11.5. The Bertz CT molecular complexity index is 491. The summed E-state index contributed by atoms with van der Waals surface area (Å²) < 4.78 is 37.3. The summed E-state index contributed by atoms with van der Waals surface area (Å²) in [6, 6.07) is -0.0153. The third kappa shape index (κ3) is 4.31. The highest BCUT2D eigenvalue weighted by Crippen LogP contribution is 2.31. The summed E-state index contributed by atoms with van der Waals surface area (Å²) in [4.78, 5) is 16.9. The van der Waals surface area contributed by atoms with Crippen molar-refractivity contribution in [3.8, 4) is 0 Å². The molecule has 1 fully saturated rings. The molecule has 2 heterocycles. The van der Waals surface area contributed by atoms with Crippen molar-refractivity contribution in [3.05, 3.63) is 16.1 Å². The van der Waals surface area contributed by atoms with Gasteiger partial charge in [-0.3, -0.25) is 0 Å². The van der Waals surface area contributed by atoms with Crippen molar-refractivity contribution in [2.75, 3.05) is 19.6 Å². The lowest BCUT2D eigenvalue weighted by molar-refractivity contribution is -0.137. The van der Waals surface area contributed by atoms with Gasteiger partial charge in [0.25, 0.3) is 0 Å². The van der Waals surface area contributed by atoms with Crippen LogP contribution in [0.5, 0.6) is 0 Å². The lowest BCUT2D eigenvalue weighted by atomic mass is 10.2. The van der Waals surface area contributed by atoms with Crippen molar-refractivity contribution in [3.63, 3.8) is 0 Å². The molecule has 2 rings (SSSR count). The highest BCUT2D eigenvalue weighted by molar-refractivity contribution is 7.09. The number of nitrogens with zero attached hydrogens (tertiary/aromatic N) is 2. The Morgan fingerprint density at radius 2 is 2.33 bits per heavy atom. The van der Waals surface area contributed by atoms with Gasteiger partial charge in [-0.05, 0) is 13.3 Å². The number of carbonyl (C=O) groups excluding carboxylic acids is 1. The van der Waals surface area contributed by atoms with Crippen molar-refractivity contribution in [2.24, 2.45) is 0 Å². The number of aromatic nitrogens is 1. The van der Waals surface area contributed by atoms with E-state index in [9.17, 15) is 18.0 Å². The second kappa shape index (κ2) is 6.61. The Labute approximate surface area is 124 Å². The first-order valence-electron chi connectivity index (χ1n) is 6.68. The Morgan fingerprint density at radius 1 is 1.57 bits per heavy atom. The normalized spacial score (nSPS) is 19.0. The van der Waals surface area contributed by atoms with Crippen molar-refractivity contribution in [2.45, 2.75) is 32.1 Å². The minimum atomic E-state index is -4.38. The summed E-state index contributed by atoms with van der Waals surface area (Å²) in [5.74, 6) is 0. The summed E-state index contributed by atoms with van der Waals surface area (Å²) in [5.41, 5.74) is 0.379.